The molecule has 2 aromatic heterocycles. The second-order valence-corrected chi connectivity index (χ2v) is 10.4. The van der Waals surface area contributed by atoms with Crippen molar-refractivity contribution in [2.24, 2.45) is 0 Å². The third-order valence-corrected chi connectivity index (χ3v) is 7.84. The third-order valence-electron chi connectivity index (χ3n) is 7.22. The Morgan fingerprint density at radius 3 is 2.66 bits per heavy atom. The average molecular weight is 497 g/mol. The number of nitrogens with one attached hydrogen (secondary N) is 1. The van der Waals surface area contributed by atoms with E-state index in [0.717, 1.165) is 32.1 Å². The molecule has 2 N–H and O–H groups in total. The van der Waals surface area contributed by atoms with Gasteiger partial charge in [0.05, 0.1) is 22.8 Å². The van der Waals surface area contributed by atoms with Crippen LogP contribution in [0.5, 0.6) is 5.75 Å². The highest BCUT2D eigenvalue weighted by molar-refractivity contribution is 7.98. The molecule has 182 valence electrons. The molecular formula is C25H26F2N6OS. The molecule has 0 radical (unpaired) electrons. The van der Waals surface area contributed by atoms with E-state index in [1.165, 1.54) is 17.8 Å². The molecule has 4 heterocycles. The highest BCUT2D eigenvalue weighted by Gasteiger charge is 2.48. The number of halogens is 2. The molecule has 4 atom stereocenters. The second kappa shape index (κ2) is 8.98. The van der Waals surface area contributed by atoms with Crippen molar-refractivity contribution in [2.75, 3.05) is 11.2 Å². The van der Waals surface area contributed by atoms with E-state index in [9.17, 15) is 9.50 Å². The molecule has 3 aromatic rings. The van der Waals surface area contributed by atoms with Crippen LogP contribution in [0.1, 0.15) is 32.1 Å². The van der Waals surface area contributed by atoms with Crippen molar-refractivity contribution in [3.05, 3.63) is 42.5 Å². The molecule has 6 rings (SSSR count). The van der Waals surface area contributed by atoms with Gasteiger partial charge in [-0.3, -0.25) is 0 Å². The molecule has 35 heavy (non-hydrogen) atoms. The molecule has 1 aliphatic carbocycles. The molecule has 3 aliphatic rings. The summed E-state index contributed by atoms with van der Waals surface area (Å²) in [6, 6.07) is 8.46. The number of pyridine rings is 1. The Kier molecular flexibility index (Phi) is 5.80. The summed E-state index contributed by atoms with van der Waals surface area (Å²) < 4.78 is 29.1. The van der Waals surface area contributed by atoms with Gasteiger partial charge in [0, 0.05) is 24.2 Å². The van der Waals surface area contributed by atoms with Gasteiger partial charge < -0.3 is 15.3 Å². The lowest BCUT2D eigenvalue weighted by molar-refractivity contribution is 0.171. The number of phenols is 1. The first-order chi connectivity index (χ1) is 17.0. The van der Waals surface area contributed by atoms with Crippen LogP contribution in [0.3, 0.4) is 0 Å². The number of hydrogen-bond acceptors (Lipinski definition) is 8. The van der Waals surface area contributed by atoms with Gasteiger partial charge in [0.15, 0.2) is 11.6 Å². The van der Waals surface area contributed by atoms with E-state index >= 15 is 4.39 Å². The van der Waals surface area contributed by atoms with Crippen LogP contribution in [0.2, 0.25) is 0 Å². The summed E-state index contributed by atoms with van der Waals surface area (Å²) in [6.07, 6.45) is 7.20. The quantitative estimate of drug-likeness (QED) is 0.384. The molecule has 0 spiro atoms. The third kappa shape index (κ3) is 4.33. The van der Waals surface area contributed by atoms with Crippen molar-refractivity contribution in [1.82, 2.24) is 25.5 Å². The number of piperidine rings is 1. The van der Waals surface area contributed by atoms with Gasteiger partial charge in [0.25, 0.3) is 0 Å². The molecule has 3 fully saturated rings. The summed E-state index contributed by atoms with van der Waals surface area (Å²) >= 11 is 1.35. The number of phenolic OH excluding ortho intramolecular Hbond substituents is 1. The van der Waals surface area contributed by atoms with Crippen LogP contribution >= 0.6 is 11.8 Å². The second-order valence-electron chi connectivity index (χ2n) is 9.53. The molecule has 0 unspecified atom stereocenters. The SMILES string of the molecule is CSc1cc(-c2ccc(-c3ncc(N(C4CC4)[C@H]4C[C@@H]5CC[C@@H](N5)[C@H]4F)nn3)c(O)c2)cc(F)n1. The van der Waals surface area contributed by atoms with Crippen molar-refractivity contribution >= 4 is 17.6 Å². The number of hydrogen-bond donors (Lipinski definition) is 2. The highest BCUT2D eigenvalue weighted by Crippen LogP contribution is 2.40. The van der Waals surface area contributed by atoms with Gasteiger partial charge in [-0.2, -0.15) is 4.39 Å². The number of aromatic nitrogens is 4. The predicted octanol–water partition coefficient (Wildman–Crippen LogP) is 4.37. The molecule has 7 nitrogen and oxygen atoms in total. The topological polar surface area (TPSA) is 87.1 Å². The first-order valence-corrected chi connectivity index (χ1v) is 13.2. The fraction of sp³-hybridized carbons (Fsp3) is 0.440. The zero-order chi connectivity index (χ0) is 24.1. The van der Waals surface area contributed by atoms with Gasteiger partial charge in [-0.05, 0) is 67.7 Å². The Bertz CT molecular complexity index is 1240. The summed E-state index contributed by atoms with van der Waals surface area (Å²) in [5.74, 6) is 0.258. The van der Waals surface area contributed by atoms with E-state index in [1.807, 2.05) is 6.26 Å². The van der Waals surface area contributed by atoms with Crippen LogP contribution < -0.4 is 10.2 Å². The number of aromatic hydroxyl groups is 1. The van der Waals surface area contributed by atoms with E-state index in [2.05, 4.69) is 30.4 Å². The summed E-state index contributed by atoms with van der Waals surface area (Å²) in [6.45, 7) is 0. The number of anilines is 1. The zero-order valence-electron chi connectivity index (χ0n) is 19.2. The zero-order valence-corrected chi connectivity index (χ0v) is 20.1. The van der Waals surface area contributed by atoms with Crippen molar-refractivity contribution < 1.29 is 13.9 Å². The van der Waals surface area contributed by atoms with E-state index in [-0.39, 0.29) is 29.7 Å². The van der Waals surface area contributed by atoms with Crippen LogP contribution in [0.25, 0.3) is 22.5 Å². The number of thioether (sulfide) groups is 1. The number of nitrogens with zero attached hydrogens (tertiary/aromatic N) is 5. The Labute approximate surface area is 206 Å². The van der Waals surface area contributed by atoms with Crippen LogP contribution in [-0.4, -0.2) is 61.9 Å². The fourth-order valence-electron chi connectivity index (χ4n) is 5.38. The predicted molar refractivity (Wildman–Crippen MR) is 131 cm³/mol. The van der Waals surface area contributed by atoms with Crippen molar-refractivity contribution in [1.29, 1.82) is 0 Å². The lowest BCUT2D eigenvalue weighted by Crippen LogP contribution is -2.57. The maximum absolute atomic E-state index is 15.3. The minimum Gasteiger partial charge on any atom is -0.507 e. The number of fused-ring (bicyclic) bond motifs is 2. The van der Waals surface area contributed by atoms with E-state index < -0.39 is 12.1 Å². The molecule has 2 aliphatic heterocycles. The first-order valence-electron chi connectivity index (χ1n) is 11.9. The maximum Gasteiger partial charge on any atom is 0.214 e. The average Bonchev–Trinajstić information content (AvgIpc) is 3.62. The largest absolute Gasteiger partial charge is 0.507 e. The van der Waals surface area contributed by atoms with Gasteiger partial charge in [0.2, 0.25) is 5.95 Å². The smallest absolute Gasteiger partial charge is 0.214 e. The van der Waals surface area contributed by atoms with E-state index in [0.29, 0.717) is 33.6 Å². The Hall–Kier alpha value is -2.85. The van der Waals surface area contributed by atoms with E-state index in [4.69, 9.17) is 0 Å². The standard InChI is InChI=1S/C25H26F2N6OS/c1-35-23-10-14(9-21(26)30-23)13-2-6-17(20(34)8-13)25-28-12-22(31-32-25)33(16-4-5-16)19-11-15-3-7-18(29-15)24(19)27/h2,6,8-10,12,15-16,18-19,24,29,34H,3-5,7,11H2,1H3/t15-,18+,19-,24+/m0/s1. The molecule has 2 bridgehead atoms. The Morgan fingerprint density at radius 1 is 1.09 bits per heavy atom. The number of rotatable bonds is 6. The van der Waals surface area contributed by atoms with Gasteiger partial charge in [-0.25, -0.2) is 14.4 Å². The molecule has 10 heteroatoms. The molecule has 2 saturated heterocycles. The van der Waals surface area contributed by atoms with Gasteiger partial charge in [-0.15, -0.1) is 22.0 Å². The van der Waals surface area contributed by atoms with Crippen LogP contribution in [0, 0.1) is 5.95 Å². The molecule has 1 saturated carbocycles. The lowest BCUT2D eigenvalue weighted by atomic mass is 9.96. The Morgan fingerprint density at radius 2 is 1.94 bits per heavy atom. The maximum atomic E-state index is 15.3. The minimum atomic E-state index is -0.947. The van der Waals surface area contributed by atoms with Crippen LogP contribution in [-0.2, 0) is 0 Å². The van der Waals surface area contributed by atoms with Gasteiger partial charge >= 0.3 is 0 Å². The lowest BCUT2D eigenvalue weighted by Gasteiger charge is -2.40. The number of benzene rings is 1. The fourth-order valence-corrected chi connectivity index (χ4v) is 5.80. The van der Waals surface area contributed by atoms with Gasteiger partial charge in [-0.1, -0.05) is 6.07 Å². The monoisotopic (exact) mass is 496 g/mol. The molecule has 0 amide bonds. The van der Waals surface area contributed by atoms with Crippen molar-refractivity contribution in [3.63, 3.8) is 0 Å². The molecule has 1 aromatic carbocycles. The highest BCUT2D eigenvalue weighted by atomic mass is 32.2. The summed E-state index contributed by atoms with van der Waals surface area (Å²) in [4.78, 5) is 10.4. The minimum absolute atomic E-state index is 0.0298. The normalized spacial score (nSPS) is 25.6. The first kappa shape index (κ1) is 22.6. The summed E-state index contributed by atoms with van der Waals surface area (Å²) in [5, 5.41) is 23.3. The van der Waals surface area contributed by atoms with E-state index in [1.54, 1.807) is 30.5 Å². The van der Waals surface area contributed by atoms with Crippen LogP contribution in [0.4, 0.5) is 14.6 Å². The summed E-state index contributed by atoms with van der Waals surface area (Å²) in [7, 11) is 0. The van der Waals surface area contributed by atoms with Crippen molar-refractivity contribution in [2.45, 2.75) is 67.5 Å². The van der Waals surface area contributed by atoms with Gasteiger partial charge in [0.1, 0.15) is 11.9 Å². The Balaban J connectivity index is 1.26. The molecular weight excluding hydrogens is 470 g/mol. The van der Waals surface area contributed by atoms with Crippen molar-refractivity contribution in [3.8, 4) is 28.3 Å². The number of alkyl halides is 1. The summed E-state index contributed by atoms with van der Waals surface area (Å²) in [5.41, 5.74) is 1.70. The van der Waals surface area contributed by atoms with Crippen LogP contribution in [0.15, 0.2) is 41.6 Å².